The number of ketones is 1. The highest BCUT2D eigenvalue weighted by molar-refractivity contribution is 5.95. The molecule has 3 rings (SSSR count). The van der Waals surface area contributed by atoms with Crippen molar-refractivity contribution in [3.8, 4) is 17.7 Å². The summed E-state index contributed by atoms with van der Waals surface area (Å²) in [5.74, 6) is 6.44. The van der Waals surface area contributed by atoms with Crippen molar-refractivity contribution < 1.29 is 9.53 Å². The van der Waals surface area contributed by atoms with E-state index in [4.69, 9.17) is 10.5 Å². The fourth-order valence-corrected chi connectivity index (χ4v) is 2.76. The average Bonchev–Trinajstić information content (AvgIpc) is 2.77. The molecule has 2 heterocycles. The number of nitrogen functional groups attached to an aromatic ring is 1. The van der Waals surface area contributed by atoms with Crippen LogP contribution in [0.2, 0.25) is 0 Å². The minimum absolute atomic E-state index is 0.104. The highest BCUT2D eigenvalue weighted by Gasteiger charge is 2.10. The normalized spacial score (nSPS) is 10.0. The van der Waals surface area contributed by atoms with E-state index in [1.165, 1.54) is 12.4 Å². The summed E-state index contributed by atoms with van der Waals surface area (Å²) in [4.78, 5) is 24.9. The van der Waals surface area contributed by atoms with Crippen molar-refractivity contribution in [1.82, 2.24) is 15.0 Å². The highest BCUT2D eigenvalue weighted by atomic mass is 16.5. The predicted molar refractivity (Wildman–Crippen MR) is 116 cm³/mol. The van der Waals surface area contributed by atoms with Gasteiger partial charge in [-0.15, -0.1) is 11.8 Å². The van der Waals surface area contributed by atoms with Crippen molar-refractivity contribution in [3.63, 3.8) is 0 Å². The summed E-state index contributed by atoms with van der Waals surface area (Å²) >= 11 is 0. The third-order valence-corrected chi connectivity index (χ3v) is 4.25. The molecule has 0 aliphatic rings. The minimum atomic E-state index is -0.104. The van der Waals surface area contributed by atoms with Gasteiger partial charge in [-0.3, -0.25) is 4.79 Å². The van der Waals surface area contributed by atoms with Crippen LogP contribution in [0.15, 0.2) is 55.0 Å². The number of nitrogens with zero attached hydrogens (tertiary/aromatic N) is 3. The maximum atomic E-state index is 12.6. The Kier molecular flexibility index (Phi) is 7.34. The molecule has 7 nitrogen and oxygen atoms in total. The van der Waals surface area contributed by atoms with Gasteiger partial charge in [-0.1, -0.05) is 24.3 Å². The van der Waals surface area contributed by atoms with Crippen molar-refractivity contribution in [2.24, 2.45) is 0 Å². The number of ether oxygens (including phenoxy) is 1. The van der Waals surface area contributed by atoms with Crippen molar-refractivity contribution in [2.45, 2.75) is 26.3 Å². The fourth-order valence-electron chi connectivity index (χ4n) is 2.76. The molecule has 0 aliphatic heterocycles. The zero-order valence-electron chi connectivity index (χ0n) is 16.8. The number of Topliss-reactive ketones (excluding diaryl/α,β-unsaturated/α-hetero) is 1. The number of carbonyl (C=O) groups excluding carboxylic acids is 1. The largest absolute Gasteiger partial charge is 0.476 e. The van der Waals surface area contributed by atoms with Crippen LogP contribution in [0.3, 0.4) is 0 Å². The second-order valence-corrected chi connectivity index (χ2v) is 6.47. The summed E-state index contributed by atoms with van der Waals surface area (Å²) in [6.07, 6.45) is 5.42. The molecule has 30 heavy (non-hydrogen) atoms. The number of nitrogens with one attached hydrogen (secondary N) is 1. The molecule has 7 heteroatoms. The molecule has 1 aromatic carbocycles. The van der Waals surface area contributed by atoms with Gasteiger partial charge in [0.2, 0.25) is 5.88 Å². The number of rotatable bonds is 9. The van der Waals surface area contributed by atoms with E-state index >= 15 is 0 Å². The smallest absolute Gasteiger partial charge is 0.232 e. The Labute approximate surface area is 175 Å². The SMILES string of the molecule is CC#CCCOc1cnc(C(=O)Cc2cccc(CNc3cccnc3N)c2)cn1. The quantitative estimate of drug-likeness (QED) is 0.322. The van der Waals surface area contributed by atoms with E-state index in [2.05, 4.69) is 32.1 Å². The lowest BCUT2D eigenvalue weighted by molar-refractivity contribution is 0.0987. The number of anilines is 2. The van der Waals surface area contributed by atoms with Crippen LogP contribution < -0.4 is 15.8 Å². The number of nitrogens with two attached hydrogens (primary N) is 1. The van der Waals surface area contributed by atoms with E-state index in [1.54, 1.807) is 13.1 Å². The van der Waals surface area contributed by atoms with E-state index < -0.39 is 0 Å². The van der Waals surface area contributed by atoms with Gasteiger partial charge in [0.1, 0.15) is 18.1 Å². The van der Waals surface area contributed by atoms with Crippen molar-refractivity contribution >= 4 is 17.3 Å². The van der Waals surface area contributed by atoms with Crippen molar-refractivity contribution in [3.05, 3.63) is 71.8 Å². The van der Waals surface area contributed by atoms with Gasteiger partial charge in [0.05, 0.1) is 18.1 Å². The third-order valence-electron chi connectivity index (χ3n) is 4.25. The van der Waals surface area contributed by atoms with E-state index in [-0.39, 0.29) is 12.2 Å². The zero-order valence-corrected chi connectivity index (χ0v) is 16.8. The van der Waals surface area contributed by atoms with Crippen molar-refractivity contribution in [1.29, 1.82) is 0 Å². The molecular formula is C23H23N5O2. The lowest BCUT2D eigenvalue weighted by Crippen LogP contribution is -2.08. The van der Waals surface area contributed by atoms with E-state index in [0.29, 0.717) is 37.0 Å². The Bertz CT molecular complexity index is 1050. The molecule has 0 fully saturated rings. The summed E-state index contributed by atoms with van der Waals surface area (Å²) in [5, 5.41) is 3.26. The van der Waals surface area contributed by atoms with Crippen LogP contribution in [0.5, 0.6) is 5.88 Å². The number of carbonyl (C=O) groups is 1. The van der Waals surface area contributed by atoms with Crippen LogP contribution in [-0.4, -0.2) is 27.3 Å². The summed E-state index contributed by atoms with van der Waals surface area (Å²) < 4.78 is 5.44. The Morgan fingerprint density at radius 3 is 2.77 bits per heavy atom. The third kappa shape index (κ3) is 6.04. The molecule has 3 N–H and O–H groups in total. The molecule has 0 saturated heterocycles. The maximum absolute atomic E-state index is 12.6. The van der Waals surface area contributed by atoms with Gasteiger partial charge in [0.15, 0.2) is 5.78 Å². The number of hydrogen-bond donors (Lipinski definition) is 2. The first-order chi connectivity index (χ1) is 14.7. The zero-order chi connectivity index (χ0) is 21.2. The lowest BCUT2D eigenvalue weighted by Gasteiger charge is -2.09. The number of benzene rings is 1. The number of hydrogen-bond acceptors (Lipinski definition) is 7. The Balaban J connectivity index is 1.56. The van der Waals surface area contributed by atoms with Crippen LogP contribution in [0.1, 0.15) is 35.0 Å². The van der Waals surface area contributed by atoms with Gasteiger partial charge in [-0.2, -0.15) is 0 Å². The summed E-state index contributed by atoms with van der Waals surface area (Å²) in [7, 11) is 0. The van der Waals surface area contributed by atoms with E-state index in [0.717, 1.165) is 16.8 Å². The average molecular weight is 401 g/mol. The molecule has 0 bridgehead atoms. The summed E-state index contributed by atoms with van der Waals surface area (Å²) in [6.45, 7) is 2.80. The molecule has 0 amide bonds. The highest BCUT2D eigenvalue weighted by Crippen LogP contribution is 2.16. The molecule has 0 atom stereocenters. The van der Waals surface area contributed by atoms with Gasteiger partial charge < -0.3 is 15.8 Å². The molecule has 0 radical (unpaired) electrons. The molecule has 0 spiro atoms. The van der Waals surface area contributed by atoms with Crippen LogP contribution in [0.4, 0.5) is 11.5 Å². The monoisotopic (exact) mass is 401 g/mol. The number of aromatic nitrogens is 3. The van der Waals surface area contributed by atoms with Gasteiger partial charge >= 0.3 is 0 Å². The first-order valence-electron chi connectivity index (χ1n) is 9.55. The summed E-state index contributed by atoms with van der Waals surface area (Å²) in [5.41, 5.74) is 8.87. The first-order valence-corrected chi connectivity index (χ1v) is 9.55. The fraction of sp³-hybridized carbons (Fsp3) is 0.217. The molecule has 2 aromatic heterocycles. The molecule has 3 aromatic rings. The molecule has 0 saturated carbocycles. The van der Waals surface area contributed by atoms with Gasteiger partial charge in [0.25, 0.3) is 0 Å². The Morgan fingerprint density at radius 2 is 2.00 bits per heavy atom. The van der Waals surface area contributed by atoms with Gasteiger partial charge in [0, 0.05) is 25.6 Å². The lowest BCUT2D eigenvalue weighted by atomic mass is 10.0. The molecule has 0 unspecified atom stereocenters. The minimum Gasteiger partial charge on any atom is -0.476 e. The van der Waals surface area contributed by atoms with Gasteiger partial charge in [-0.05, 0) is 30.2 Å². The van der Waals surface area contributed by atoms with E-state index in [9.17, 15) is 4.79 Å². The van der Waals surface area contributed by atoms with Crippen LogP contribution in [0.25, 0.3) is 0 Å². The van der Waals surface area contributed by atoms with Crippen LogP contribution in [0, 0.1) is 11.8 Å². The first kappa shape index (κ1) is 20.8. The Morgan fingerprint density at radius 1 is 1.13 bits per heavy atom. The standard InChI is InChI=1S/C23H23N5O2/c1-2-3-4-11-30-22-16-27-20(15-28-22)21(29)13-17-7-5-8-18(12-17)14-26-19-9-6-10-25-23(19)24/h5-10,12,15-16,26H,4,11,13-14H2,1H3,(H2,24,25). The molecular weight excluding hydrogens is 378 g/mol. The topological polar surface area (TPSA) is 103 Å². The second-order valence-electron chi connectivity index (χ2n) is 6.47. The molecule has 0 aliphatic carbocycles. The van der Waals surface area contributed by atoms with Crippen molar-refractivity contribution in [2.75, 3.05) is 17.7 Å². The number of pyridine rings is 1. The predicted octanol–water partition coefficient (Wildman–Crippen LogP) is 3.28. The second kappa shape index (κ2) is 10.6. The molecule has 152 valence electrons. The van der Waals surface area contributed by atoms with Crippen LogP contribution >= 0.6 is 0 Å². The maximum Gasteiger partial charge on any atom is 0.232 e. The Hall–Kier alpha value is -3.92. The van der Waals surface area contributed by atoms with Crippen LogP contribution in [-0.2, 0) is 13.0 Å². The summed E-state index contributed by atoms with van der Waals surface area (Å²) in [6, 6.07) is 11.5. The van der Waals surface area contributed by atoms with Gasteiger partial charge in [-0.25, -0.2) is 15.0 Å². The van der Waals surface area contributed by atoms with E-state index in [1.807, 2.05) is 36.4 Å².